The number of benzene rings is 1. The van der Waals surface area contributed by atoms with Gasteiger partial charge in [-0.3, -0.25) is 4.98 Å². The van der Waals surface area contributed by atoms with Crippen molar-refractivity contribution in [3.8, 4) is 11.4 Å². The Kier molecular flexibility index (Phi) is 2.70. The first-order valence-corrected chi connectivity index (χ1v) is 6.56. The number of hydrogen-bond acceptors (Lipinski definition) is 3. The maximum Gasteiger partial charge on any atom is 0.143 e. The van der Waals surface area contributed by atoms with E-state index in [1.807, 2.05) is 35.9 Å². The molecule has 2 heterocycles. The molecule has 2 aromatic heterocycles. The SMILES string of the molecule is Cn1c(-c2cc(I)ccc2N)nc2cnccc21. The normalized spacial score (nSPS) is 11.0. The lowest BCUT2D eigenvalue weighted by Gasteiger charge is -2.06. The number of pyridine rings is 1. The van der Waals surface area contributed by atoms with Gasteiger partial charge in [0.05, 0.1) is 11.7 Å². The average Bonchev–Trinajstić information content (AvgIpc) is 2.71. The van der Waals surface area contributed by atoms with Crippen LogP contribution in [0.5, 0.6) is 0 Å². The Labute approximate surface area is 118 Å². The number of halogens is 1. The van der Waals surface area contributed by atoms with Gasteiger partial charge in [-0.25, -0.2) is 4.98 Å². The van der Waals surface area contributed by atoms with Gasteiger partial charge >= 0.3 is 0 Å². The van der Waals surface area contributed by atoms with Crippen molar-refractivity contribution < 1.29 is 0 Å². The summed E-state index contributed by atoms with van der Waals surface area (Å²) in [7, 11) is 1.99. The summed E-state index contributed by atoms with van der Waals surface area (Å²) in [4.78, 5) is 8.69. The number of nitrogens with zero attached hydrogens (tertiary/aromatic N) is 3. The summed E-state index contributed by atoms with van der Waals surface area (Å²) in [6.07, 6.45) is 3.54. The number of rotatable bonds is 1. The second kappa shape index (κ2) is 4.24. The summed E-state index contributed by atoms with van der Waals surface area (Å²) >= 11 is 2.27. The number of hydrogen-bond donors (Lipinski definition) is 1. The number of fused-ring (bicyclic) bond motifs is 1. The zero-order valence-electron chi connectivity index (χ0n) is 9.76. The Balaban J connectivity index is 2.31. The molecule has 0 atom stereocenters. The van der Waals surface area contributed by atoms with Gasteiger partial charge in [-0.1, -0.05) is 0 Å². The number of imidazole rings is 1. The maximum absolute atomic E-state index is 6.04. The second-order valence-corrected chi connectivity index (χ2v) is 5.34. The standard InChI is InChI=1S/C13H11IN4/c1-18-12-4-5-16-7-11(12)17-13(18)9-6-8(14)2-3-10(9)15/h2-7H,15H2,1H3. The summed E-state index contributed by atoms with van der Waals surface area (Å²) < 4.78 is 3.18. The van der Waals surface area contributed by atoms with Gasteiger partial charge in [0.1, 0.15) is 11.3 Å². The molecule has 0 saturated heterocycles. The van der Waals surface area contributed by atoms with Crippen LogP contribution in [-0.4, -0.2) is 14.5 Å². The van der Waals surface area contributed by atoms with Crippen molar-refractivity contribution >= 4 is 39.3 Å². The second-order valence-electron chi connectivity index (χ2n) is 4.09. The van der Waals surface area contributed by atoms with Crippen LogP contribution in [0.3, 0.4) is 0 Å². The number of nitrogens with two attached hydrogens (primary N) is 1. The van der Waals surface area contributed by atoms with Crippen LogP contribution in [0.2, 0.25) is 0 Å². The highest BCUT2D eigenvalue weighted by Crippen LogP contribution is 2.28. The summed E-state index contributed by atoms with van der Waals surface area (Å²) in [5.74, 6) is 0.869. The van der Waals surface area contributed by atoms with Crippen LogP contribution < -0.4 is 5.73 Å². The fraction of sp³-hybridized carbons (Fsp3) is 0.0769. The van der Waals surface area contributed by atoms with Crippen LogP contribution in [0.1, 0.15) is 0 Å². The lowest BCUT2D eigenvalue weighted by atomic mass is 10.2. The monoisotopic (exact) mass is 350 g/mol. The van der Waals surface area contributed by atoms with E-state index in [1.54, 1.807) is 12.4 Å². The minimum absolute atomic E-state index is 0.738. The predicted octanol–water partition coefficient (Wildman–Crippen LogP) is 2.82. The smallest absolute Gasteiger partial charge is 0.143 e. The van der Waals surface area contributed by atoms with Gasteiger partial charge in [-0.15, -0.1) is 0 Å². The molecule has 0 bridgehead atoms. The zero-order valence-corrected chi connectivity index (χ0v) is 11.9. The Bertz CT molecular complexity index is 733. The van der Waals surface area contributed by atoms with Crippen molar-refractivity contribution in [2.75, 3.05) is 5.73 Å². The molecule has 0 amide bonds. The molecule has 3 rings (SSSR count). The quantitative estimate of drug-likeness (QED) is 0.542. The molecule has 1 aromatic carbocycles. The van der Waals surface area contributed by atoms with E-state index in [4.69, 9.17) is 5.73 Å². The molecule has 0 aliphatic carbocycles. The topological polar surface area (TPSA) is 56.7 Å². The minimum atomic E-state index is 0.738. The Morgan fingerprint density at radius 3 is 2.89 bits per heavy atom. The van der Waals surface area contributed by atoms with Crippen LogP contribution in [0.25, 0.3) is 22.4 Å². The van der Waals surface area contributed by atoms with E-state index >= 15 is 0 Å². The predicted molar refractivity (Wildman–Crippen MR) is 81.1 cm³/mol. The lowest BCUT2D eigenvalue weighted by molar-refractivity contribution is 0.959. The van der Waals surface area contributed by atoms with E-state index in [-0.39, 0.29) is 0 Å². The number of aryl methyl sites for hydroxylation is 1. The van der Waals surface area contributed by atoms with Gasteiger partial charge in [0.25, 0.3) is 0 Å². The van der Waals surface area contributed by atoms with Gasteiger partial charge in [0.15, 0.2) is 0 Å². The molecular weight excluding hydrogens is 339 g/mol. The van der Waals surface area contributed by atoms with E-state index in [1.165, 1.54) is 0 Å². The van der Waals surface area contributed by atoms with Gasteiger partial charge in [-0.05, 0) is 46.9 Å². The molecule has 3 aromatic rings. The third-order valence-electron chi connectivity index (χ3n) is 2.94. The Morgan fingerprint density at radius 2 is 2.11 bits per heavy atom. The van der Waals surface area contributed by atoms with Crippen LogP contribution >= 0.6 is 22.6 Å². The van der Waals surface area contributed by atoms with Crippen molar-refractivity contribution in [2.45, 2.75) is 0 Å². The van der Waals surface area contributed by atoms with Crippen molar-refractivity contribution in [1.29, 1.82) is 0 Å². The van der Waals surface area contributed by atoms with Crippen molar-refractivity contribution in [3.63, 3.8) is 0 Å². The summed E-state index contributed by atoms with van der Waals surface area (Å²) in [5, 5.41) is 0. The van der Waals surface area contributed by atoms with E-state index in [9.17, 15) is 0 Å². The molecule has 18 heavy (non-hydrogen) atoms. The molecule has 0 saturated carbocycles. The molecule has 90 valence electrons. The molecule has 0 radical (unpaired) electrons. The molecule has 0 aliphatic heterocycles. The van der Waals surface area contributed by atoms with Gasteiger partial charge in [-0.2, -0.15) is 0 Å². The number of nitrogen functional groups attached to an aromatic ring is 1. The highest BCUT2D eigenvalue weighted by atomic mass is 127. The third kappa shape index (κ3) is 1.74. The molecule has 0 unspecified atom stereocenters. The first-order chi connectivity index (χ1) is 8.66. The van der Waals surface area contributed by atoms with Crippen LogP contribution in [0, 0.1) is 3.57 Å². The molecule has 0 fully saturated rings. The molecular formula is C13H11IN4. The zero-order chi connectivity index (χ0) is 12.7. The molecule has 4 nitrogen and oxygen atoms in total. The molecule has 5 heteroatoms. The average molecular weight is 350 g/mol. The van der Waals surface area contributed by atoms with E-state index < -0.39 is 0 Å². The molecule has 0 aliphatic rings. The summed E-state index contributed by atoms with van der Waals surface area (Å²) in [5.41, 5.74) is 9.67. The van der Waals surface area contributed by atoms with Crippen LogP contribution in [0.15, 0.2) is 36.7 Å². The highest BCUT2D eigenvalue weighted by Gasteiger charge is 2.12. The maximum atomic E-state index is 6.04. The van der Waals surface area contributed by atoms with E-state index in [0.29, 0.717) is 0 Å². The van der Waals surface area contributed by atoms with E-state index in [0.717, 1.165) is 31.7 Å². The first kappa shape index (κ1) is 11.5. The molecule has 2 N–H and O–H groups in total. The first-order valence-electron chi connectivity index (χ1n) is 5.48. The van der Waals surface area contributed by atoms with Gasteiger partial charge in [0, 0.05) is 28.1 Å². The summed E-state index contributed by atoms with van der Waals surface area (Å²) in [6.45, 7) is 0. The fourth-order valence-electron chi connectivity index (χ4n) is 2.01. The summed E-state index contributed by atoms with van der Waals surface area (Å²) in [6, 6.07) is 7.90. The van der Waals surface area contributed by atoms with Crippen molar-refractivity contribution in [2.24, 2.45) is 7.05 Å². The minimum Gasteiger partial charge on any atom is -0.398 e. The van der Waals surface area contributed by atoms with Crippen molar-refractivity contribution in [1.82, 2.24) is 14.5 Å². The van der Waals surface area contributed by atoms with Gasteiger partial charge in [0.2, 0.25) is 0 Å². The van der Waals surface area contributed by atoms with Crippen LogP contribution in [0.4, 0.5) is 5.69 Å². The lowest BCUT2D eigenvalue weighted by Crippen LogP contribution is -1.97. The number of anilines is 1. The van der Waals surface area contributed by atoms with Gasteiger partial charge < -0.3 is 10.3 Å². The van der Waals surface area contributed by atoms with E-state index in [2.05, 4.69) is 32.6 Å². The van der Waals surface area contributed by atoms with Crippen LogP contribution in [-0.2, 0) is 7.05 Å². The Hall–Kier alpha value is -1.63. The largest absolute Gasteiger partial charge is 0.398 e. The Morgan fingerprint density at radius 1 is 1.28 bits per heavy atom. The molecule has 0 spiro atoms. The highest BCUT2D eigenvalue weighted by molar-refractivity contribution is 14.1. The van der Waals surface area contributed by atoms with Crippen molar-refractivity contribution in [3.05, 3.63) is 40.2 Å². The number of aromatic nitrogens is 3. The third-order valence-corrected chi connectivity index (χ3v) is 3.61. The fourth-order valence-corrected chi connectivity index (χ4v) is 2.51.